The molecule has 5 N–H and O–H groups in total. The summed E-state index contributed by atoms with van der Waals surface area (Å²) >= 11 is 0. The van der Waals surface area contributed by atoms with Gasteiger partial charge in [-0.25, -0.2) is 0 Å². The van der Waals surface area contributed by atoms with Gasteiger partial charge in [-0.05, 0) is 12.8 Å². The summed E-state index contributed by atoms with van der Waals surface area (Å²) in [6.45, 7) is 0. The molecule has 0 aliphatic carbocycles. The van der Waals surface area contributed by atoms with E-state index in [9.17, 15) is 14.7 Å². The largest absolute Gasteiger partial charge is 0.481 e. The third-order valence-corrected chi connectivity index (χ3v) is 1.84. The fourth-order valence-electron chi connectivity index (χ4n) is 0.974. The van der Waals surface area contributed by atoms with E-state index >= 15 is 0 Å². The molecule has 0 saturated carbocycles. The van der Waals surface area contributed by atoms with Crippen molar-refractivity contribution >= 4 is 11.9 Å². The number of unbranched alkanes of at least 4 members (excludes halogenated alkanes) is 1. The molecule has 0 aromatic carbocycles. The Morgan fingerprint density at radius 1 is 1.21 bits per heavy atom. The van der Waals surface area contributed by atoms with E-state index in [-0.39, 0.29) is 12.8 Å². The van der Waals surface area contributed by atoms with Crippen molar-refractivity contribution in [3.8, 4) is 0 Å². The van der Waals surface area contributed by atoms with Gasteiger partial charge in [0, 0.05) is 6.42 Å². The van der Waals surface area contributed by atoms with Crippen LogP contribution in [-0.2, 0) is 9.59 Å². The highest BCUT2D eigenvalue weighted by atomic mass is 16.4. The molecule has 0 rings (SSSR count). The van der Waals surface area contributed by atoms with Crippen molar-refractivity contribution in [3.05, 3.63) is 0 Å². The molecule has 0 spiro atoms. The Labute approximate surface area is 81.3 Å². The van der Waals surface area contributed by atoms with Gasteiger partial charge < -0.3 is 21.1 Å². The van der Waals surface area contributed by atoms with Crippen LogP contribution in [0.15, 0.2) is 0 Å². The number of aliphatic carboxylic acids is 2. The van der Waals surface area contributed by atoms with Crippen LogP contribution in [0.4, 0.5) is 0 Å². The molecule has 14 heavy (non-hydrogen) atoms. The molecule has 0 fully saturated rings. The van der Waals surface area contributed by atoms with E-state index in [1.54, 1.807) is 0 Å². The van der Waals surface area contributed by atoms with Gasteiger partial charge in [0.15, 0.2) is 0 Å². The van der Waals surface area contributed by atoms with Gasteiger partial charge in [0.2, 0.25) is 0 Å². The van der Waals surface area contributed by atoms with Gasteiger partial charge in [0.25, 0.3) is 0 Å². The summed E-state index contributed by atoms with van der Waals surface area (Å²) in [7, 11) is 0. The van der Waals surface area contributed by atoms with Crippen molar-refractivity contribution in [1.82, 2.24) is 0 Å². The molecule has 0 bridgehead atoms. The lowest BCUT2D eigenvalue weighted by Crippen LogP contribution is -2.41. The second kappa shape index (κ2) is 6.33. The van der Waals surface area contributed by atoms with Crippen LogP contribution in [0.25, 0.3) is 0 Å². The minimum Gasteiger partial charge on any atom is -0.481 e. The van der Waals surface area contributed by atoms with Crippen molar-refractivity contribution in [2.24, 2.45) is 5.73 Å². The summed E-state index contributed by atoms with van der Waals surface area (Å²) in [6.07, 6.45) is -0.00976. The molecule has 0 radical (unpaired) electrons. The quantitative estimate of drug-likeness (QED) is 0.412. The first-order valence-electron chi connectivity index (χ1n) is 4.33. The second-order valence-electron chi connectivity index (χ2n) is 3.07. The lowest BCUT2D eigenvalue weighted by atomic mass is 10.0. The Hall–Kier alpha value is -1.14. The molecule has 0 aromatic heterocycles. The number of nitrogens with two attached hydrogens (primary N) is 1. The van der Waals surface area contributed by atoms with Gasteiger partial charge >= 0.3 is 11.9 Å². The molecule has 0 amide bonds. The van der Waals surface area contributed by atoms with Gasteiger partial charge in [-0.1, -0.05) is 6.42 Å². The van der Waals surface area contributed by atoms with Crippen molar-refractivity contribution in [2.45, 2.75) is 37.8 Å². The molecule has 0 aromatic rings. The lowest BCUT2D eigenvalue weighted by molar-refractivity contribution is -0.141. The summed E-state index contributed by atoms with van der Waals surface area (Å²) in [5.74, 6) is -2.15. The summed E-state index contributed by atoms with van der Waals surface area (Å²) < 4.78 is 0. The molecule has 82 valence electrons. The molecule has 6 nitrogen and oxygen atoms in total. The Kier molecular flexibility index (Phi) is 5.82. The number of hydrogen-bond acceptors (Lipinski definition) is 4. The van der Waals surface area contributed by atoms with E-state index < -0.39 is 24.1 Å². The zero-order chi connectivity index (χ0) is 11.1. The third kappa shape index (κ3) is 5.50. The number of aliphatic hydroxyl groups is 1. The van der Waals surface area contributed by atoms with Crippen LogP contribution >= 0.6 is 0 Å². The van der Waals surface area contributed by atoms with Gasteiger partial charge in [0.05, 0.1) is 6.10 Å². The van der Waals surface area contributed by atoms with Crippen molar-refractivity contribution in [2.75, 3.05) is 0 Å². The van der Waals surface area contributed by atoms with Gasteiger partial charge in [-0.3, -0.25) is 9.59 Å². The highest BCUT2D eigenvalue weighted by molar-refractivity contribution is 5.73. The number of carboxylic acids is 2. The first-order chi connectivity index (χ1) is 6.45. The normalized spacial score (nSPS) is 14.7. The zero-order valence-corrected chi connectivity index (χ0v) is 7.72. The van der Waals surface area contributed by atoms with Crippen LogP contribution in [0, 0.1) is 0 Å². The fourth-order valence-corrected chi connectivity index (χ4v) is 0.974. The van der Waals surface area contributed by atoms with E-state index in [1.165, 1.54) is 0 Å². The van der Waals surface area contributed by atoms with E-state index in [4.69, 9.17) is 15.9 Å². The fraction of sp³-hybridized carbons (Fsp3) is 0.750. The standard InChI is InChI=1S/C8H15NO5/c9-7(8(13)14)5(10)3-1-2-4-6(11)12/h5,7,10H,1-4,9H2,(H,11,12)(H,13,14). The highest BCUT2D eigenvalue weighted by Crippen LogP contribution is 2.06. The van der Waals surface area contributed by atoms with Crippen LogP contribution in [0.5, 0.6) is 0 Å². The number of aliphatic hydroxyl groups excluding tert-OH is 1. The Balaban J connectivity index is 3.58. The maximum atomic E-state index is 10.3. The first-order valence-corrected chi connectivity index (χ1v) is 4.33. The Morgan fingerprint density at radius 2 is 1.79 bits per heavy atom. The maximum absolute atomic E-state index is 10.3. The summed E-state index contributed by atoms with van der Waals surface area (Å²) in [5, 5.41) is 25.9. The molecular weight excluding hydrogens is 190 g/mol. The average Bonchev–Trinajstić information content (AvgIpc) is 2.10. The minimum absolute atomic E-state index is 0.0228. The molecule has 0 saturated heterocycles. The summed E-state index contributed by atoms with van der Waals surface area (Å²) in [5.41, 5.74) is 5.14. The Bertz CT molecular complexity index is 206. The molecule has 0 aliphatic heterocycles. The number of hydrogen-bond donors (Lipinski definition) is 4. The number of carboxylic acid groups (broad SMARTS) is 2. The minimum atomic E-state index is -1.29. The summed E-state index contributed by atoms with van der Waals surface area (Å²) in [6, 6.07) is -1.29. The van der Waals surface area contributed by atoms with Crippen molar-refractivity contribution in [3.63, 3.8) is 0 Å². The van der Waals surface area contributed by atoms with E-state index in [0.29, 0.717) is 12.8 Å². The molecule has 0 aliphatic rings. The van der Waals surface area contributed by atoms with Crippen LogP contribution in [0.1, 0.15) is 25.7 Å². The third-order valence-electron chi connectivity index (χ3n) is 1.84. The van der Waals surface area contributed by atoms with Crippen LogP contribution in [-0.4, -0.2) is 39.4 Å². The smallest absolute Gasteiger partial charge is 0.323 e. The number of rotatable bonds is 7. The van der Waals surface area contributed by atoms with Crippen LogP contribution < -0.4 is 5.73 Å². The van der Waals surface area contributed by atoms with E-state index in [2.05, 4.69) is 0 Å². The lowest BCUT2D eigenvalue weighted by Gasteiger charge is -2.13. The topological polar surface area (TPSA) is 121 Å². The average molecular weight is 205 g/mol. The molecule has 2 atom stereocenters. The molecule has 2 unspecified atom stereocenters. The maximum Gasteiger partial charge on any atom is 0.323 e. The Morgan fingerprint density at radius 3 is 2.21 bits per heavy atom. The van der Waals surface area contributed by atoms with Crippen molar-refractivity contribution in [1.29, 1.82) is 0 Å². The summed E-state index contributed by atoms with van der Waals surface area (Å²) in [4.78, 5) is 20.4. The van der Waals surface area contributed by atoms with Crippen LogP contribution in [0.2, 0.25) is 0 Å². The SMILES string of the molecule is NC(C(=O)O)C(O)CCCCC(=O)O. The zero-order valence-electron chi connectivity index (χ0n) is 7.72. The van der Waals surface area contributed by atoms with Gasteiger partial charge in [0.1, 0.15) is 6.04 Å². The monoisotopic (exact) mass is 205 g/mol. The van der Waals surface area contributed by atoms with E-state index in [1.807, 2.05) is 0 Å². The number of carbonyl (C=O) groups is 2. The second-order valence-corrected chi connectivity index (χ2v) is 3.07. The van der Waals surface area contributed by atoms with Crippen molar-refractivity contribution < 1.29 is 24.9 Å². The van der Waals surface area contributed by atoms with Crippen LogP contribution in [0.3, 0.4) is 0 Å². The predicted octanol–water partition coefficient (Wildman–Crippen LogP) is -0.596. The molecular formula is C8H15NO5. The first kappa shape index (κ1) is 12.9. The molecule has 0 heterocycles. The van der Waals surface area contributed by atoms with Gasteiger partial charge in [-0.2, -0.15) is 0 Å². The molecule has 6 heteroatoms. The van der Waals surface area contributed by atoms with Gasteiger partial charge in [-0.15, -0.1) is 0 Å². The highest BCUT2D eigenvalue weighted by Gasteiger charge is 2.21. The van der Waals surface area contributed by atoms with E-state index in [0.717, 1.165) is 0 Å². The predicted molar refractivity (Wildman–Crippen MR) is 47.7 cm³/mol.